The largest absolute Gasteiger partial charge is 0.495 e. The highest BCUT2D eigenvalue weighted by Gasteiger charge is 2.39. The van der Waals surface area contributed by atoms with Crippen molar-refractivity contribution in [3.63, 3.8) is 0 Å². The average molecular weight is 410 g/mol. The molecule has 30 heavy (non-hydrogen) atoms. The van der Waals surface area contributed by atoms with E-state index in [-0.39, 0.29) is 5.95 Å². The van der Waals surface area contributed by atoms with Gasteiger partial charge < -0.3 is 15.8 Å². The Morgan fingerprint density at radius 2 is 1.93 bits per heavy atom. The van der Waals surface area contributed by atoms with Gasteiger partial charge in [-0.05, 0) is 50.3 Å². The summed E-state index contributed by atoms with van der Waals surface area (Å²) >= 11 is 0. The van der Waals surface area contributed by atoms with Crippen LogP contribution in [0, 0.1) is 5.41 Å². The molecule has 1 saturated carbocycles. The van der Waals surface area contributed by atoms with Gasteiger partial charge in [-0.15, -0.1) is 0 Å². The minimum absolute atomic E-state index is 0.233. The number of nitrogen functional groups attached to an aromatic ring is 1. The molecule has 4 heterocycles. The van der Waals surface area contributed by atoms with E-state index in [1.165, 1.54) is 32.4 Å². The van der Waals surface area contributed by atoms with E-state index in [4.69, 9.17) is 15.6 Å². The van der Waals surface area contributed by atoms with Gasteiger partial charge in [-0.1, -0.05) is 20.3 Å². The predicted octanol–water partition coefficient (Wildman–Crippen LogP) is 3.44. The van der Waals surface area contributed by atoms with Crippen molar-refractivity contribution in [2.75, 3.05) is 25.9 Å². The zero-order chi connectivity index (χ0) is 21.1. The number of nitrogens with one attached hydrogen (secondary N) is 1. The van der Waals surface area contributed by atoms with Crippen molar-refractivity contribution in [1.82, 2.24) is 29.9 Å². The van der Waals surface area contributed by atoms with Crippen LogP contribution in [0.4, 0.5) is 5.95 Å². The van der Waals surface area contributed by atoms with Crippen LogP contribution in [0.1, 0.15) is 57.6 Å². The highest BCUT2D eigenvalue weighted by Crippen LogP contribution is 2.51. The molecule has 0 atom stereocenters. The lowest BCUT2D eigenvalue weighted by Crippen LogP contribution is -2.31. The summed E-state index contributed by atoms with van der Waals surface area (Å²) < 4.78 is 7.36. The molecular weight excluding hydrogens is 378 g/mol. The number of nitrogens with zero attached hydrogens (tertiary/aromatic N) is 5. The molecule has 2 fully saturated rings. The summed E-state index contributed by atoms with van der Waals surface area (Å²) in [7, 11) is 1.68. The minimum atomic E-state index is 0.233. The molecule has 160 valence electrons. The van der Waals surface area contributed by atoms with Crippen LogP contribution in [0.3, 0.4) is 0 Å². The third-order valence-corrected chi connectivity index (χ3v) is 5.83. The molecule has 5 rings (SSSR count). The Hall–Kier alpha value is -2.74. The molecule has 2 aliphatic rings. The molecule has 0 spiro atoms. The van der Waals surface area contributed by atoms with Crippen LogP contribution in [0.2, 0.25) is 0 Å². The number of piperidine rings is 1. The van der Waals surface area contributed by atoms with Crippen molar-refractivity contribution in [2.45, 2.75) is 51.9 Å². The summed E-state index contributed by atoms with van der Waals surface area (Å²) in [5.74, 6) is 1.43. The van der Waals surface area contributed by atoms with Gasteiger partial charge >= 0.3 is 0 Å². The van der Waals surface area contributed by atoms with Crippen LogP contribution in [-0.2, 0) is 0 Å². The molecule has 1 saturated heterocycles. The number of methoxy groups -OCH3 is 1. The molecule has 3 aromatic rings. The zero-order valence-electron chi connectivity index (χ0n) is 18.1. The van der Waals surface area contributed by atoms with Gasteiger partial charge in [-0.3, -0.25) is 0 Å². The van der Waals surface area contributed by atoms with E-state index in [2.05, 4.69) is 34.1 Å². The highest BCUT2D eigenvalue weighted by molar-refractivity contribution is 5.61. The number of ether oxygens (including phenoxy) is 1. The van der Waals surface area contributed by atoms with E-state index in [0.717, 1.165) is 35.6 Å². The summed E-state index contributed by atoms with van der Waals surface area (Å²) in [6.07, 6.45) is 9.81. The van der Waals surface area contributed by atoms with E-state index in [1.807, 2.05) is 10.6 Å². The first-order valence-corrected chi connectivity index (χ1v) is 10.7. The number of anilines is 1. The lowest BCUT2D eigenvalue weighted by molar-refractivity contribution is 0.145. The molecule has 1 aliphatic heterocycles. The smallest absolute Gasteiger partial charge is 0.220 e. The number of fused-ring (bicyclic) bond motifs is 1. The highest BCUT2D eigenvalue weighted by atomic mass is 16.5. The monoisotopic (exact) mass is 409 g/mol. The molecule has 3 N–H and O–H groups in total. The second-order valence-corrected chi connectivity index (χ2v) is 8.89. The third-order valence-electron chi connectivity index (χ3n) is 5.83. The van der Waals surface area contributed by atoms with Crippen LogP contribution >= 0.6 is 0 Å². The molecule has 1 aliphatic carbocycles. The van der Waals surface area contributed by atoms with Crippen molar-refractivity contribution in [3.8, 4) is 17.1 Å². The first-order chi connectivity index (χ1) is 14.5. The third kappa shape index (κ3) is 4.38. The Kier molecular flexibility index (Phi) is 5.85. The fourth-order valence-corrected chi connectivity index (χ4v) is 4.32. The van der Waals surface area contributed by atoms with Crippen LogP contribution in [0.5, 0.6) is 5.75 Å². The number of hydrogen-bond donors (Lipinski definition) is 2. The van der Waals surface area contributed by atoms with Crippen LogP contribution < -0.4 is 15.8 Å². The lowest BCUT2D eigenvalue weighted by Gasteiger charge is -2.42. The molecule has 3 aromatic heterocycles. The van der Waals surface area contributed by atoms with E-state index in [9.17, 15) is 0 Å². The number of rotatable bonds is 3. The van der Waals surface area contributed by atoms with Gasteiger partial charge in [-0.2, -0.15) is 5.10 Å². The Morgan fingerprint density at radius 1 is 1.17 bits per heavy atom. The number of aromatic nitrogens is 5. The maximum Gasteiger partial charge on any atom is 0.220 e. The molecule has 0 aromatic carbocycles. The molecule has 8 nitrogen and oxygen atoms in total. The summed E-state index contributed by atoms with van der Waals surface area (Å²) in [4.78, 5) is 12.6. The summed E-state index contributed by atoms with van der Waals surface area (Å²) in [5.41, 5.74) is 9.26. The van der Waals surface area contributed by atoms with Crippen molar-refractivity contribution >= 4 is 11.6 Å². The Balaban J connectivity index is 0.000000313. The number of imidazole rings is 1. The summed E-state index contributed by atoms with van der Waals surface area (Å²) in [6.45, 7) is 7.06. The van der Waals surface area contributed by atoms with E-state index >= 15 is 0 Å². The maximum absolute atomic E-state index is 5.70. The first-order valence-electron chi connectivity index (χ1n) is 10.7. The normalized spacial score (nSPS) is 18.4. The van der Waals surface area contributed by atoms with E-state index in [0.29, 0.717) is 17.0 Å². The molecular formula is C22H31N7O. The second kappa shape index (κ2) is 8.55. The van der Waals surface area contributed by atoms with Crippen LogP contribution in [0.25, 0.3) is 17.0 Å². The van der Waals surface area contributed by atoms with Gasteiger partial charge in [0.05, 0.1) is 19.0 Å². The number of nitrogens with two attached hydrogens (primary N) is 1. The lowest BCUT2D eigenvalue weighted by atomic mass is 9.63. The Bertz CT molecular complexity index is 990. The number of hydrogen-bond acceptors (Lipinski definition) is 7. The van der Waals surface area contributed by atoms with Crippen molar-refractivity contribution in [1.29, 1.82) is 0 Å². The molecule has 0 amide bonds. The van der Waals surface area contributed by atoms with Crippen molar-refractivity contribution in [2.24, 2.45) is 5.41 Å². The summed E-state index contributed by atoms with van der Waals surface area (Å²) in [5, 5.41) is 8.11. The topological polar surface area (TPSA) is 103 Å². The first kappa shape index (κ1) is 20.5. The average Bonchev–Trinajstić information content (AvgIpc) is 3.15. The summed E-state index contributed by atoms with van der Waals surface area (Å²) in [6, 6.07) is 3.74. The predicted molar refractivity (Wildman–Crippen MR) is 117 cm³/mol. The Labute approximate surface area is 177 Å². The molecule has 0 bridgehead atoms. The van der Waals surface area contributed by atoms with Crippen molar-refractivity contribution < 1.29 is 4.74 Å². The van der Waals surface area contributed by atoms with Crippen molar-refractivity contribution in [3.05, 3.63) is 30.2 Å². The fraction of sp³-hybridized carbons (Fsp3) is 0.545. The van der Waals surface area contributed by atoms with E-state index < -0.39 is 0 Å². The van der Waals surface area contributed by atoms with Gasteiger partial charge in [0.1, 0.15) is 17.1 Å². The quantitative estimate of drug-likeness (QED) is 0.683. The SMILES string of the molecule is C1CCNCC1.COc1cc2ncc(-c3ccnc(N)n3)n2nc1C1CC(C)(C)C1. The van der Waals surface area contributed by atoms with Gasteiger partial charge in [-0.25, -0.2) is 19.5 Å². The molecule has 0 unspecified atom stereocenters. The zero-order valence-corrected chi connectivity index (χ0v) is 18.1. The Morgan fingerprint density at radius 3 is 2.50 bits per heavy atom. The van der Waals surface area contributed by atoms with Crippen LogP contribution in [-0.4, -0.2) is 44.8 Å². The molecule has 0 radical (unpaired) electrons. The minimum Gasteiger partial charge on any atom is -0.495 e. The molecule has 8 heteroatoms. The van der Waals surface area contributed by atoms with Gasteiger partial charge in [0.2, 0.25) is 5.95 Å². The van der Waals surface area contributed by atoms with Gasteiger partial charge in [0.15, 0.2) is 5.65 Å². The van der Waals surface area contributed by atoms with E-state index in [1.54, 1.807) is 25.6 Å². The van der Waals surface area contributed by atoms with Crippen LogP contribution in [0.15, 0.2) is 24.5 Å². The fourth-order valence-electron chi connectivity index (χ4n) is 4.32. The van der Waals surface area contributed by atoms with Gasteiger partial charge in [0.25, 0.3) is 0 Å². The second-order valence-electron chi connectivity index (χ2n) is 8.89. The maximum atomic E-state index is 5.70. The van der Waals surface area contributed by atoms with Gasteiger partial charge in [0, 0.05) is 18.2 Å². The standard InChI is InChI=1S/C17H20N6O.C5H11N/c1-17(2)7-10(8-17)15-13(24-3)6-14-20-9-12(23(14)22-15)11-4-5-19-16(18)21-11;1-2-4-6-5-3-1/h4-6,9-10H,7-8H2,1-3H3,(H2,18,19,21);6H,1-5H2.